The van der Waals surface area contributed by atoms with Gasteiger partial charge in [0.25, 0.3) is 0 Å². The molecule has 3 aromatic rings. The molecule has 1 saturated heterocycles. The minimum absolute atomic E-state index is 0.00216. The Morgan fingerprint density at radius 1 is 1.33 bits per heavy atom. The van der Waals surface area contributed by atoms with Gasteiger partial charge in [-0.15, -0.1) is 0 Å². The molecule has 1 fully saturated rings. The summed E-state index contributed by atoms with van der Waals surface area (Å²) in [6.45, 7) is 2.24. The number of aryl methyl sites for hydroxylation is 1. The molecule has 0 atom stereocenters. The van der Waals surface area contributed by atoms with Crippen molar-refractivity contribution in [2.45, 2.75) is 31.1 Å². The Balaban J connectivity index is 1.51. The van der Waals surface area contributed by atoms with Crippen molar-refractivity contribution in [2.24, 2.45) is 5.92 Å². The van der Waals surface area contributed by atoms with Crippen LogP contribution in [0.25, 0.3) is 11.1 Å². The zero-order chi connectivity index (χ0) is 19.2. The van der Waals surface area contributed by atoms with Crippen molar-refractivity contribution in [3.8, 4) is 0 Å². The first kappa shape index (κ1) is 17.9. The Morgan fingerprint density at radius 3 is 2.74 bits per heavy atom. The van der Waals surface area contributed by atoms with E-state index in [4.69, 9.17) is 8.94 Å². The molecule has 1 aromatic carbocycles. The standard InChI is InChI=1S/C16H17FN4O5S/c1-9-18-15(20-26-9)6-10-2-4-21(5-3-10)27(23,24)14-8-13-12(7-11(14)17)19-16(22)25-13/h7-8,10H,2-6H2,1H3,(H,19,22). The SMILES string of the molecule is Cc1nc(CC2CCN(S(=O)(=O)c3cc4oc(=O)[nH]c4cc3F)CC2)no1. The van der Waals surface area contributed by atoms with E-state index in [1.165, 1.54) is 4.31 Å². The van der Waals surface area contributed by atoms with Crippen molar-refractivity contribution in [1.82, 2.24) is 19.4 Å². The summed E-state index contributed by atoms with van der Waals surface area (Å²) in [5, 5.41) is 3.86. The van der Waals surface area contributed by atoms with Gasteiger partial charge in [0.2, 0.25) is 15.9 Å². The summed E-state index contributed by atoms with van der Waals surface area (Å²) in [5.41, 5.74) is 0.118. The number of aromatic nitrogens is 3. The highest BCUT2D eigenvalue weighted by atomic mass is 32.2. The van der Waals surface area contributed by atoms with Gasteiger partial charge in [-0.2, -0.15) is 9.29 Å². The minimum Gasteiger partial charge on any atom is -0.408 e. The number of fused-ring (bicyclic) bond motifs is 1. The molecule has 9 nitrogen and oxygen atoms in total. The van der Waals surface area contributed by atoms with E-state index >= 15 is 0 Å². The summed E-state index contributed by atoms with van der Waals surface area (Å²) >= 11 is 0. The van der Waals surface area contributed by atoms with Crippen LogP contribution in [0.15, 0.2) is 30.8 Å². The van der Waals surface area contributed by atoms with Crippen LogP contribution in [0, 0.1) is 18.7 Å². The van der Waals surface area contributed by atoms with Crippen molar-refractivity contribution in [2.75, 3.05) is 13.1 Å². The third kappa shape index (κ3) is 3.39. The lowest BCUT2D eigenvalue weighted by molar-refractivity contribution is 0.267. The molecule has 2 aromatic heterocycles. The lowest BCUT2D eigenvalue weighted by Crippen LogP contribution is -2.39. The summed E-state index contributed by atoms with van der Waals surface area (Å²) in [6.07, 6.45) is 1.83. The maximum atomic E-state index is 14.3. The van der Waals surface area contributed by atoms with Gasteiger partial charge in [-0.3, -0.25) is 4.98 Å². The topological polar surface area (TPSA) is 122 Å². The fourth-order valence-corrected chi connectivity index (χ4v) is 4.86. The molecule has 1 aliphatic rings. The summed E-state index contributed by atoms with van der Waals surface area (Å²) in [4.78, 5) is 17.2. The second kappa shape index (κ2) is 6.57. The average Bonchev–Trinajstić information content (AvgIpc) is 3.18. The molecule has 11 heteroatoms. The van der Waals surface area contributed by atoms with Gasteiger partial charge < -0.3 is 8.94 Å². The quantitative estimate of drug-likeness (QED) is 0.710. The first-order chi connectivity index (χ1) is 12.8. The van der Waals surface area contributed by atoms with E-state index in [1.54, 1.807) is 6.92 Å². The highest BCUT2D eigenvalue weighted by Gasteiger charge is 2.32. The van der Waals surface area contributed by atoms with Crippen LogP contribution in [0.3, 0.4) is 0 Å². The third-order valence-corrected chi connectivity index (χ3v) is 6.62. The van der Waals surface area contributed by atoms with E-state index in [0.717, 1.165) is 12.1 Å². The maximum Gasteiger partial charge on any atom is 0.417 e. The van der Waals surface area contributed by atoms with E-state index in [2.05, 4.69) is 15.1 Å². The number of H-pyrrole nitrogens is 1. The van der Waals surface area contributed by atoms with Gasteiger partial charge in [0.15, 0.2) is 11.4 Å². The molecule has 1 aliphatic heterocycles. The van der Waals surface area contributed by atoms with Crippen LogP contribution in [0.4, 0.5) is 4.39 Å². The normalized spacial score (nSPS) is 17.0. The molecular formula is C16H17FN4O5S. The Kier molecular flexibility index (Phi) is 4.35. The maximum absolute atomic E-state index is 14.3. The summed E-state index contributed by atoms with van der Waals surface area (Å²) < 4.78 is 51.1. The van der Waals surface area contributed by atoms with Gasteiger partial charge in [-0.1, -0.05) is 5.16 Å². The van der Waals surface area contributed by atoms with Gasteiger partial charge in [-0.05, 0) is 18.8 Å². The second-order valence-corrected chi connectivity index (χ2v) is 8.48. The van der Waals surface area contributed by atoms with Crippen molar-refractivity contribution in [1.29, 1.82) is 0 Å². The van der Waals surface area contributed by atoms with E-state index in [9.17, 15) is 17.6 Å². The Hall–Kier alpha value is -2.53. The highest BCUT2D eigenvalue weighted by molar-refractivity contribution is 7.89. The van der Waals surface area contributed by atoms with Crippen LogP contribution >= 0.6 is 0 Å². The average molecular weight is 396 g/mol. The molecule has 0 unspecified atom stereocenters. The Labute approximate surface area is 153 Å². The van der Waals surface area contributed by atoms with E-state index in [1.807, 2.05) is 0 Å². The van der Waals surface area contributed by atoms with Gasteiger partial charge in [-0.25, -0.2) is 17.6 Å². The molecule has 144 valence electrons. The third-order valence-electron chi connectivity index (χ3n) is 4.71. The number of aromatic amines is 1. The van der Waals surface area contributed by atoms with Crippen molar-refractivity contribution in [3.63, 3.8) is 0 Å². The molecule has 0 radical (unpaired) electrons. The Bertz CT molecular complexity index is 1140. The molecule has 0 saturated carbocycles. The Morgan fingerprint density at radius 2 is 2.07 bits per heavy atom. The molecule has 1 N–H and O–H groups in total. The molecule has 0 amide bonds. The van der Waals surface area contributed by atoms with Crippen molar-refractivity contribution in [3.05, 3.63) is 40.2 Å². The first-order valence-electron chi connectivity index (χ1n) is 8.44. The molecular weight excluding hydrogens is 379 g/mol. The highest BCUT2D eigenvalue weighted by Crippen LogP contribution is 2.28. The molecule has 4 rings (SSSR count). The summed E-state index contributed by atoms with van der Waals surface area (Å²) in [7, 11) is -4.03. The van der Waals surface area contributed by atoms with Gasteiger partial charge >= 0.3 is 5.76 Å². The zero-order valence-corrected chi connectivity index (χ0v) is 15.3. The van der Waals surface area contributed by atoms with Crippen LogP contribution in [-0.2, 0) is 16.4 Å². The summed E-state index contributed by atoms with van der Waals surface area (Å²) in [5.74, 6) is -0.371. The number of rotatable bonds is 4. The predicted octanol–water partition coefficient (Wildman–Crippen LogP) is 1.60. The molecule has 3 heterocycles. The fraction of sp³-hybridized carbons (Fsp3) is 0.438. The summed E-state index contributed by atoms with van der Waals surface area (Å²) in [6, 6.07) is 2.00. The van der Waals surface area contributed by atoms with Crippen molar-refractivity contribution < 1.29 is 21.7 Å². The number of oxazole rings is 1. The zero-order valence-electron chi connectivity index (χ0n) is 14.4. The number of hydrogen-bond donors (Lipinski definition) is 1. The number of piperidine rings is 1. The van der Waals surface area contributed by atoms with Gasteiger partial charge in [0, 0.05) is 38.6 Å². The predicted molar refractivity (Wildman–Crippen MR) is 91.0 cm³/mol. The van der Waals surface area contributed by atoms with Crippen LogP contribution in [0.1, 0.15) is 24.6 Å². The van der Waals surface area contributed by atoms with Crippen LogP contribution in [-0.4, -0.2) is 40.9 Å². The lowest BCUT2D eigenvalue weighted by Gasteiger charge is -2.30. The molecule has 27 heavy (non-hydrogen) atoms. The minimum atomic E-state index is -4.03. The number of nitrogens with one attached hydrogen (secondary N) is 1. The molecule has 0 spiro atoms. The number of nitrogens with zero attached hydrogens (tertiary/aromatic N) is 3. The van der Waals surface area contributed by atoms with Crippen LogP contribution in [0.5, 0.6) is 0 Å². The van der Waals surface area contributed by atoms with E-state index < -0.39 is 26.5 Å². The molecule has 0 aliphatic carbocycles. The van der Waals surface area contributed by atoms with Gasteiger partial charge in [0.1, 0.15) is 10.7 Å². The lowest BCUT2D eigenvalue weighted by atomic mass is 9.94. The number of sulfonamides is 1. The fourth-order valence-electron chi connectivity index (χ4n) is 3.33. The second-order valence-electron chi connectivity index (χ2n) is 6.57. The number of halogens is 1. The smallest absolute Gasteiger partial charge is 0.408 e. The monoisotopic (exact) mass is 396 g/mol. The van der Waals surface area contributed by atoms with Gasteiger partial charge in [0.05, 0.1) is 5.52 Å². The number of benzene rings is 1. The van der Waals surface area contributed by atoms with Crippen molar-refractivity contribution >= 4 is 21.1 Å². The van der Waals surface area contributed by atoms with Crippen LogP contribution < -0.4 is 5.76 Å². The van der Waals surface area contributed by atoms with E-state index in [0.29, 0.717) is 31.0 Å². The van der Waals surface area contributed by atoms with Crippen LogP contribution in [0.2, 0.25) is 0 Å². The van der Waals surface area contributed by atoms with E-state index in [-0.39, 0.29) is 30.1 Å². The molecule has 0 bridgehead atoms. The first-order valence-corrected chi connectivity index (χ1v) is 9.88. The number of hydrogen-bond acceptors (Lipinski definition) is 7. The largest absolute Gasteiger partial charge is 0.417 e.